The van der Waals surface area contributed by atoms with Crippen molar-refractivity contribution in [3.63, 3.8) is 0 Å². The van der Waals surface area contributed by atoms with Crippen LogP contribution < -0.4 is 9.46 Å². The molecular weight excluding hydrogens is 352 g/mol. The average molecular weight is 383 g/mol. The van der Waals surface area contributed by atoms with Gasteiger partial charge in [0.1, 0.15) is 5.75 Å². The van der Waals surface area contributed by atoms with E-state index in [1.54, 1.807) is 4.90 Å². The zero-order chi connectivity index (χ0) is 19.2. The number of hydrogen-bond acceptors (Lipinski definition) is 4. The molecule has 1 fully saturated rings. The van der Waals surface area contributed by atoms with Crippen molar-refractivity contribution in [3.8, 4) is 5.75 Å². The Morgan fingerprint density at radius 2 is 1.85 bits per heavy atom. The molecule has 1 aromatic carbocycles. The number of amides is 1. The number of carbonyl (C=O) groups is 1. The average Bonchev–Trinajstić information content (AvgIpc) is 2.60. The van der Waals surface area contributed by atoms with E-state index in [1.807, 2.05) is 31.2 Å². The number of nitrogens with zero attached hydrogens (tertiary/aromatic N) is 1. The minimum atomic E-state index is -3.20. The first-order valence-electron chi connectivity index (χ1n) is 9.31. The fourth-order valence-corrected chi connectivity index (χ4v) is 4.41. The van der Waals surface area contributed by atoms with Gasteiger partial charge in [0, 0.05) is 19.1 Å². The molecular formula is C19H30N2O4S. The smallest absolute Gasteiger partial charge is 0.260 e. The van der Waals surface area contributed by atoms with Crippen molar-refractivity contribution >= 4 is 15.9 Å². The summed E-state index contributed by atoms with van der Waals surface area (Å²) >= 11 is 0. The highest BCUT2D eigenvalue weighted by Crippen LogP contribution is 2.19. The van der Waals surface area contributed by atoms with Gasteiger partial charge in [-0.15, -0.1) is 0 Å². The van der Waals surface area contributed by atoms with Crippen LogP contribution in [-0.4, -0.2) is 50.7 Å². The van der Waals surface area contributed by atoms with Crippen molar-refractivity contribution in [3.05, 3.63) is 29.8 Å². The molecule has 0 unspecified atom stereocenters. The molecule has 1 N–H and O–H groups in total. The lowest BCUT2D eigenvalue weighted by Gasteiger charge is -2.32. The van der Waals surface area contributed by atoms with Gasteiger partial charge in [-0.25, -0.2) is 13.1 Å². The number of benzene rings is 1. The van der Waals surface area contributed by atoms with Gasteiger partial charge in [0.25, 0.3) is 5.91 Å². The van der Waals surface area contributed by atoms with E-state index in [-0.39, 0.29) is 24.3 Å². The van der Waals surface area contributed by atoms with Crippen LogP contribution in [0.2, 0.25) is 0 Å². The fraction of sp³-hybridized carbons (Fsp3) is 0.632. The molecule has 1 aliphatic rings. The van der Waals surface area contributed by atoms with Crippen molar-refractivity contribution in [2.75, 3.05) is 25.4 Å². The van der Waals surface area contributed by atoms with Crippen molar-refractivity contribution < 1.29 is 17.9 Å². The summed E-state index contributed by atoms with van der Waals surface area (Å²) in [6.07, 6.45) is 1.87. The summed E-state index contributed by atoms with van der Waals surface area (Å²) < 4.78 is 32.0. The third-order valence-corrected chi connectivity index (χ3v) is 6.21. The second kappa shape index (κ2) is 9.37. The molecule has 1 aromatic rings. The van der Waals surface area contributed by atoms with Gasteiger partial charge in [-0.3, -0.25) is 4.79 Å². The van der Waals surface area contributed by atoms with Gasteiger partial charge in [-0.2, -0.15) is 0 Å². The minimum Gasteiger partial charge on any atom is -0.484 e. The lowest BCUT2D eigenvalue weighted by Crippen LogP contribution is -2.48. The van der Waals surface area contributed by atoms with E-state index in [0.29, 0.717) is 44.0 Å². The van der Waals surface area contributed by atoms with E-state index in [1.165, 1.54) is 5.56 Å². The first-order chi connectivity index (χ1) is 12.3. The van der Waals surface area contributed by atoms with E-state index in [0.717, 1.165) is 0 Å². The summed E-state index contributed by atoms with van der Waals surface area (Å²) in [5.41, 5.74) is 1.23. The van der Waals surface area contributed by atoms with Gasteiger partial charge in [0.05, 0.1) is 5.75 Å². The molecule has 0 saturated carbocycles. The summed E-state index contributed by atoms with van der Waals surface area (Å²) in [7, 11) is -3.20. The predicted molar refractivity (Wildman–Crippen MR) is 103 cm³/mol. The van der Waals surface area contributed by atoms with Gasteiger partial charge in [0.15, 0.2) is 6.61 Å². The van der Waals surface area contributed by atoms with Crippen molar-refractivity contribution in [1.29, 1.82) is 0 Å². The summed E-state index contributed by atoms with van der Waals surface area (Å²) in [5.74, 6) is 1.23. The summed E-state index contributed by atoms with van der Waals surface area (Å²) in [5, 5.41) is 0. The largest absolute Gasteiger partial charge is 0.484 e. The highest BCUT2D eigenvalue weighted by atomic mass is 32.2. The van der Waals surface area contributed by atoms with E-state index in [9.17, 15) is 13.2 Å². The van der Waals surface area contributed by atoms with Gasteiger partial charge >= 0.3 is 0 Å². The first-order valence-corrected chi connectivity index (χ1v) is 11.0. The molecule has 2 rings (SSSR count). The number of piperidine rings is 1. The second-order valence-electron chi connectivity index (χ2n) is 7.10. The van der Waals surface area contributed by atoms with Gasteiger partial charge in [-0.1, -0.05) is 32.9 Å². The molecule has 1 aliphatic heterocycles. The number of sulfonamides is 1. The predicted octanol–water partition coefficient (Wildman–Crippen LogP) is 2.51. The standard InChI is InChI=1S/C19H30N2O4S/c1-4-13-26(23,24)20-17-9-11-21(12-10-17)19(22)14-25-18-7-5-16(6-8-18)15(2)3/h5-8,15,17,20H,4,9-14H2,1-3H3. The van der Waals surface area contributed by atoms with Crippen LogP contribution in [0.3, 0.4) is 0 Å². The molecule has 0 aliphatic carbocycles. The first kappa shape index (κ1) is 20.7. The number of hydrogen-bond donors (Lipinski definition) is 1. The molecule has 1 saturated heterocycles. The molecule has 0 aromatic heterocycles. The maximum Gasteiger partial charge on any atom is 0.260 e. The van der Waals surface area contributed by atoms with Crippen LogP contribution in [0, 0.1) is 0 Å². The van der Waals surface area contributed by atoms with Crippen LogP contribution in [0.5, 0.6) is 5.75 Å². The Morgan fingerprint density at radius 3 is 2.38 bits per heavy atom. The van der Waals surface area contributed by atoms with Crippen LogP contribution in [-0.2, 0) is 14.8 Å². The molecule has 0 radical (unpaired) electrons. The molecule has 1 amide bonds. The summed E-state index contributed by atoms with van der Waals surface area (Å²) in [6, 6.07) is 7.71. The monoisotopic (exact) mass is 382 g/mol. The van der Waals surface area contributed by atoms with Crippen molar-refractivity contribution in [2.24, 2.45) is 0 Å². The van der Waals surface area contributed by atoms with E-state index in [2.05, 4.69) is 18.6 Å². The third-order valence-electron chi connectivity index (χ3n) is 4.58. The number of nitrogens with one attached hydrogen (secondary N) is 1. The number of likely N-dealkylation sites (tertiary alicyclic amines) is 1. The van der Waals surface area contributed by atoms with Crippen LogP contribution >= 0.6 is 0 Å². The Kier molecular flexibility index (Phi) is 7.46. The highest BCUT2D eigenvalue weighted by Gasteiger charge is 2.25. The summed E-state index contributed by atoms with van der Waals surface area (Å²) in [4.78, 5) is 14.0. The summed E-state index contributed by atoms with van der Waals surface area (Å²) in [6.45, 7) is 7.21. The van der Waals surface area contributed by atoms with E-state index in [4.69, 9.17) is 4.74 Å². The molecule has 0 spiro atoms. The Hall–Kier alpha value is -1.60. The number of ether oxygens (including phenoxy) is 1. The quantitative estimate of drug-likeness (QED) is 0.750. The Labute approximate surface area is 157 Å². The number of carbonyl (C=O) groups excluding carboxylic acids is 1. The lowest BCUT2D eigenvalue weighted by molar-refractivity contribution is -0.134. The Balaban J connectivity index is 1.76. The Morgan fingerprint density at radius 1 is 1.23 bits per heavy atom. The zero-order valence-electron chi connectivity index (χ0n) is 15.9. The molecule has 26 heavy (non-hydrogen) atoms. The van der Waals surface area contributed by atoms with Crippen LogP contribution in [0.4, 0.5) is 0 Å². The van der Waals surface area contributed by atoms with Gasteiger partial charge in [-0.05, 0) is 42.9 Å². The third kappa shape index (κ3) is 6.29. The molecule has 0 bridgehead atoms. The molecule has 0 atom stereocenters. The zero-order valence-corrected chi connectivity index (χ0v) is 16.7. The van der Waals surface area contributed by atoms with Gasteiger partial charge in [0.2, 0.25) is 10.0 Å². The normalized spacial score (nSPS) is 16.1. The molecule has 1 heterocycles. The maximum absolute atomic E-state index is 12.3. The maximum atomic E-state index is 12.3. The molecule has 7 heteroatoms. The fourth-order valence-electron chi connectivity index (χ4n) is 3.01. The van der Waals surface area contributed by atoms with Crippen LogP contribution in [0.15, 0.2) is 24.3 Å². The highest BCUT2D eigenvalue weighted by molar-refractivity contribution is 7.89. The minimum absolute atomic E-state index is 0.00720. The van der Waals surface area contributed by atoms with Crippen molar-refractivity contribution in [1.82, 2.24) is 9.62 Å². The van der Waals surface area contributed by atoms with E-state index >= 15 is 0 Å². The number of rotatable bonds is 8. The Bertz CT molecular complexity index is 678. The lowest BCUT2D eigenvalue weighted by atomic mass is 10.0. The van der Waals surface area contributed by atoms with Crippen molar-refractivity contribution in [2.45, 2.75) is 52.0 Å². The second-order valence-corrected chi connectivity index (χ2v) is 8.98. The molecule has 146 valence electrons. The van der Waals surface area contributed by atoms with Crippen LogP contribution in [0.25, 0.3) is 0 Å². The van der Waals surface area contributed by atoms with E-state index < -0.39 is 10.0 Å². The topological polar surface area (TPSA) is 75.7 Å². The molecule has 6 nitrogen and oxygen atoms in total. The SMILES string of the molecule is CCCS(=O)(=O)NC1CCN(C(=O)COc2ccc(C(C)C)cc2)CC1. The van der Waals surface area contributed by atoms with Gasteiger partial charge < -0.3 is 9.64 Å². The van der Waals surface area contributed by atoms with Crippen LogP contribution in [0.1, 0.15) is 51.5 Å².